The van der Waals surface area contributed by atoms with Gasteiger partial charge in [0.15, 0.2) is 0 Å². The van der Waals surface area contributed by atoms with Gasteiger partial charge in [0.2, 0.25) is 5.91 Å². The molecule has 4 fully saturated rings. The third kappa shape index (κ3) is 2.87. The van der Waals surface area contributed by atoms with Crippen LogP contribution in [0.3, 0.4) is 0 Å². The van der Waals surface area contributed by atoms with E-state index in [1.807, 2.05) is 37.8 Å². The summed E-state index contributed by atoms with van der Waals surface area (Å²) in [4.78, 5) is 30.1. The molecule has 138 valence electrons. The second-order valence-electron chi connectivity index (χ2n) is 8.48. The van der Waals surface area contributed by atoms with Crippen molar-refractivity contribution in [3.63, 3.8) is 0 Å². The molecule has 0 aromatic carbocycles. The fourth-order valence-corrected chi connectivity index (χ4v) is 4.57. The number of pyridine rings is 1. The number of fused-ring (bicyclic) bond motifs is 1. The Morgan fingerprint density at radius 3 is 2.92 bits per heavy atom. The summed E-state index contributed by atoms with van der Waals surface area (Å²) in [6.07, 6.45) is 7.44. The van der Waals surface area contributed by atoms with E-state index in [9.17, 15) is 9.59 Å². The lowest BCUT2D eigenvalue weighted by atomic mass is 10.0. The number of piperidine rings is 1. The number of carbonyl (C=O) groups excluding carboxylic acids is 2. The maximum atomic E-state index is 12.3. The molecule has 2 amide bonds. The van der Waals surface area contributed by atoms with Gasteiger partial charge in [0, 0.05) is 43.0 Å². The Hall–Kier alpha value is -2.37. The summed E-state index contributed by atoms with van der Waals surface area (Å²) in [5.74, 6) is 1.13. The van der Waals surface area contributed by atoms with Gasteiger partial charge in [0.1, 0.15) is 5.60 Å². The minimum Gasteiger partial charge on any atom is -0.444 e. The number of nitrogens with one attached hydrogen (secondary N) is 1. The molecule has 6 heteroatoms. The Labute approximate surface area is 153 Å². The monoisotopic (exact) mass is 355 g/mol. The highest BCUT2D eigenvalue weighted by Gasteiger charge is 2.92. The number of amides is 2. The highest BCUT2D eigenvalue weighted by molar-refractivity contribution is 5.91. The van der Waals surface area contributed by atoms with Gasteiger partial charge in [-0.25, -0.2) is 4.79 Å². The molecular weight excluding hydrogens is 330 g/mol. The fraction of sp³-hybridized carbons (Fsp3) is 0.550. The van der Waals surface area contributed by atoms with Crippen molar-refractivity contribution in [2.24, 2.45) is 17.3 Å². The Balaban J connectivity index is 1.22. The van der Waals surface area contributed by atoms with Gasteiger partial charge in [-0.15, -0.1) is 0 Å². The number of ether oxygens (including phenoxy) is 1. The second-order valence-corrected chi connectivity index (χ2v) is 8.48. The lowest BCUT2D eigenvalue weighted by molar-refractivity contribution is -0.116. The van der Waals surface area contributed by atoms with E-state index in [1.54, 1.807) is 18.5 Å². The van der Waals surface area contributed by atoms with Crippen LogP contribution in [-0.2, 0) is 9.53 Å². The summed E-state index contributed by atoms with van der Waals surface area (Å²) >= 11 is 0. The summed E-state index contributed by atoms with van der Waals surface area (Å²) in [7, 11) is 0. The van der Waals surface area contributed by atoms with E-state index in [0.29, 0.717) is 24.4 Å². The number of nitrogens with zero attached hydrogens (tertiary/aromatic N) is 2. The molecule has 2 saturated carbocycles. The molecular formula is C20H25N3O3. The van der Waals surface area contributed by atoms with Gasteiger partial charge < -0.3 is 15.0 Å². The van der Waals surface area contributed by atoms with E-state index >= 15 is 0 Å². The Bertz CT molecular complexity index is 749. The molecule has 26 heavy (non-hydrogen) atoms. The smallest absolute Gasteiger partial charge is 0.410 e. The molecule has 2 aliphatic heterocycles. The van der Waals surface area contributed by atoms with Crippen molar-refractivity contribution in [1.29, 1.82) is 0 Å². The zero-order valence-electron chi connectivity index (χ0n) is 15.4. The summed E-state index contributed by atoms with van der Waals surface area (Å²) < 4.78 is 5.50. The molecule has 2 bridgehead atoms. The van der Waals surface area contributed by atoms with Crippen molar-refractivity contribution in [2.45, 2.75) is 38.8 Å². The number of carbonyl (C=O) groups is 2. The summed E-state index contributed by atoms with van der Waals surface area (Å²) in [5, 5.41) is 2.95. The average Bonchev–Trinajstić information content (AvgIpc) is 3.26. The summed E-state index contributed by atoms with van der Waals surface area (Å²) in [6, 6.07) is 4.06. The average molecular weight is 355 g/mol. The normalized spacial score (nSPS) is 30.9. The number of aromatic nitrogens is 1. The van der Waals surface area contributed by atoms with Crippen molar-refractivity contribution in [3.8, 4) is 0 Å². The van der Waals surface area contributed by atoms with Crippen molar-refractivity contribution in [2.75, 3.05) is 13.1 Å². The van der Waals surface area contributed by atoms with Gasteiger partial charge in [-0.3, -0.25) is 9.78 Å². The van der Waals surface area contributed by atoms with Crippen molar-refractivity contribution in [1.82, 2.24) is 15.2 Å². The van der Waals surface area contributed by atoms with E-state index in [-0.39, 0.29) is 17.4 Å². The molecule has 2 aliphatic carbocycles. The van der Waals surface area contributed by atoms with Gasteiger partial charge in [-0.1, -0.05) is 6.07 Å². The van der Waals surface area contributed by atoms with Crippen LogP contribution in [0.5, 0.6) is 0 Å². The van der Waals surface area contributed by atoms with Crippen molar-refractivity contribution in [3.05, 3.63) is 36.2 Å². The first kappa shape index (κ1) is 17.1. The van der Waals surface area contributed by atoms with Crippen molar-refractivity contribution >= 4 is 18.1 Å². The molecule has 1 N–H and O–H groups in total. The second kappa shape index (κ2) is 5.83. The molecule has 1 aromatic heterocycles. The molecule has 0 radical (unpaired) electrons. The van der Waals surface area contributed by atoms with E-state index in [0.717, 1.165) is 18.5 Å². The fourth-order valence-electron chi connectivity index (χ4n) is 4.57. The van der Waals surface area contributed by atoms with Crippen LogP contribution in [0.1, 0.15) is 32.8 Å². The Kier molecular flexibility index (Phi) is 3.82. The summed E-state index contributed by atoms with van der Waals surface area (Å²) in [5.41, 5.74) is 0.690. The molecule has 4 aliphatic rings. The summed E-state index contributed by atoms with van der Waals surface area (Å²) in [6.45, 7) is 7.12. The molecule has 5 rings (SSSR count). The van der Waals surface area contributed by atoms with E-state index in [2.05, 4.69) is 10.3 Å². The van der Waals surface area contributed by atoms with Gasteiger partial charge in [0.05, 0.1) is 0 Å². The van der Waals surface area contributed by atoms with E-state index in [4.69, 9.17) is 4.74 Å². The topological polar surface area (TPSA) is 71.5 Å². The van der Waals surface area contributed by atoms with E-state index in [1.165, 1.54) is 6.08 Å². The first-order chi connectivity index (χ1) is 12.3. The van der Waals surface area contributed by atoms with Gasteiger partial charge in [0.25, 0.3) is 0 Å². The minimum atomic E-state index is -0.457. The SMILES string of the molecule is CC(C)(C)OC(=O)N1C[C@@H]2[C@@H]3C1[C@@]23CCNC(=O)/C=C/c1cccnc1. The molecule has 0 spiro atoms. The first-order valence-electron chi connectivity index (χ1n) is 9.18. The first-order valence-corrected chi connectivity index (χ1v) is 9.18. The number of hydrogen-bond donors (Lipinski definition) is 1. The maximum absolute atomic E-state index is 12.3. The van der Waals surface area contributed by atoms with Crippen LogP contribution in [0.25, 0.3) is 6.08 Å². The predicted molar refractivity (Wildman–Crippen MR) is 97.0 cm³/mol. The van der Waals surface area contributed by atoms with Crippen LogP contribution in [0.4, 0.5) is 4.79 Å². The third-order valence-corrected chi connectivity index (χ3v) is 5.74. The quantitative estimate of drug-likeness (QED) is 0.824. The van der Waals surface area contributed by atoms with Crippen LogP contribution in [0.15, 0.2) is 30.6 Å². The van der Waals surface area contributed by atoms with Crippen LogP contribution >= 0.6 is 0 Å². The highest BCUT2D eigenvalue weighted by Crippen LogP contribution is 2.87. The molecule has 1 aromatic rings. The van der Waals surface area contributed by atoms with Crippen molar-refractivity contribution < 1.29 is 14.3 Å². The molecule has 4 atom stereocenters. The molecule has 1 unspecified atom stereocenters. The van der Waals surface area contributed by atoms with Crippen LogP contribution < -0.4 is 5.32 Å². The zero-order chi connectivity index (χ0) is 18.5. The van der Waals surface area contributed by atoms with E-state index < -0.39 is 5.60 Å². The van der Waals surface area contributed by atoms with Crippen LogP contribution in [0, 0.1) is 17.3 Å². The molecule has 2 saturated heterocycles. The van der Waals surface area contributed by atoms with Crippen LogP contribution in [-0.4, -0.2) is 46.6 Å². The lowest BCUT2D eigenvalue weighted by Gasteiger charge is -2.24. The largest absolute Gasteiger partial charge is 0.444 e. The van der Waals surface area contributed by atoms with Gasteiger partial charge in [-0.2, -0.15) is 0 Å². The lowest BCUT2D eigenvalue weighted by Crippen LogP contribution is -2.36. The standard InChI is InChI=1S/C20H25N3O3/c1-19(2,3)26-18(25)23-12-14-16-17(23)20(14,16)8-10-22-15(24)7-6-13-5-4-9-21-11-13/h4-7,9,11,14,16-17H,8,10,12H2,1-3H3,(H,22,24)/b7-6+/t14-,16-,17?,20+/m1/s1. The number of rotatable bonds is 5. The zero-order valence-corrected chi connectivity index (χ0v) is 15.4. The van der Waals surface area contributed by atoms with Gasteiger partial charge >= 0.3 is 6.09 Å². The maximum Gasteiger partial charge on any atom is 0.410 e. The van der Waals surface area contributed by atoms with Gasteiger partial charge in [-0.05, 0) is 56.7 Å². The minimum absolute atomic E-state index is 0.0977. The predicted octanol–water partition coefficient (Wildman–Crippen LogP) is 2.47. The Morgan fingerprint density at radius 2 is 2.27 bits per heavy atom. The van der Waals surface area contributed by atoms with Crippen LogP contribution in [0.2, 0.25) is 0 Å². The highest BCUT2D eigenvalue weighted by atomic mass is 16.6. The molecule has 3 heterocycles. The third-order valence-electron chi connectivity index (χ3n) is 5.74. The molecule has 6 nitrogen and oxygen atoms in total. The number of hydrogen-bond acceptors (Lipinski definition) is 4. The Morgan fingerprint density at radius 1 is 1.46 bits per heavy atom.